The molecule has 2 aromatic rings. The minimum absolute atomic E-state index is 0.242. The maximum Gasteiger partial charge on any atom is 0.123 e. The number of aryl methyl sites for hydroxylation is 2. The predicted octanol–water partition coefficient (Wildman–Crippen LogP) is 3.40. The van der Waals surface area contributed by atoms with Crippen molar-refractivity contribution in [1.29, 1.82) is 0 Å². The van der Waals surface area contributed by atoms with Gasteiger partial charge in [-0.25, -0.2) is 0 Å². The van der Waals surface area contributed by atoms with Crippen LogP contribution in [-0.2, 0) is 6.42 Å². The van der Waals surface area contributed by atoms with Crippen molar-refractivity contribution in [2.24, 2.45) is 0 Å². The van der Waals surface area contributed by atoms with Crippen LogP contribution in [0.4, 0.5) is 0 Å². The fourth-order valence-corrected chi connectivity index (χ4v) is 2.13. The monoisotopic (exact) mass is 229 g/mol. The van der Waals surface area contributed by atoms with Gasteiger partial charge < -0.3 is 9.73 Å². The quantitative estimate of drug-likeness (QED) is 0.869. The molecule has 0 saturated heterocycles. The Balaban J connectivity index is 2.22. The molecule has 2 heteroatoms. The highest BCUT2D eigenvalue weighted by atomic mass is 16.3. The molecule has 0 bridgehead atoms. The lowest BCUT2D eigenvalue weighted by atomic mass is 9.98. The van der Waals surface area contributed by atoms with Gasteiger partial charge in [-0.05, 0) is 50.1 Å². The van der Waals surface area contributed by atoms with Gasteiger partial charge in [0.25, 0.3) is 0 Å². The Bertz CT molecular complexity index is 487. The molecule has 1 N–H and O–H groups in total. The first-order valence-corrected chi connectivity index (χ1v) is 5.98. The summed E-state index contributed by atoms with van der Waals surface area (Å²) in [6.45, 7) is 4.23. The molecule has 2 rings (SSSR count). The number of nitrogens with one attached hydrogen (secondary N) is 1. The predicted molar refractivity (Wildman–Crippen MR) is 70.1 cm³/mol. The van der Waals surface area contributed by atoms with E-state index < -0.39 is 0 Å². The molecule has 1 aromatic heterocycles. The van der Waals surface area contributed by atoms with Crippen LogP contribution in [0.1, 0.15) is 28.5 Å². The van der Waals surface area contributed by atoms with E-state index in [1.165, 1.54) is 16.7 Å². The van der Waals surface area contributed by atoms with Crippen LogP contribution in [0.25, 0.3) is 0 Å². The second kappa shape index (κ2) is 5.19. The highest BCUT2D eigenvalue weighted by Gasteiger charge is 2.16. The molecule has 0 radical (unpaired) electrons. The number of furan rings is 1. The van der Waals surface area contributed by atoms with E-state index in [-0.39, 0.29) is 6.04 Å². The fourth-order valence-electron chi connectivity index (χ4n) is 2.13. The van der Waals surface area contributed by atoms with E-state index in [4.69, 9.17) is 4.42 Å². The van der Waals surface area contributed by atoms with Gasteiger partial charge in [-0.2, -0.15) is 0 Å². The number of rotatable bonds is 4. The SMILES string of the molecule is CNC(Cc1ccccc1C)c1occc1C. The van der Waals surface area contributed by atoms with Gasteiger partial charge in [-0.15, -0.1) is 0 Å². The summed E-state index contributed by atoms with van der Waals surface area (Å²) < 4.78 is 5.57. The number of hydrogen-bond donors (Lipinski definition) is 1. The van der Waals surface area contributed by atoms with Crippen LogP contribution in [0.3, 0.4) is 0 Å². The third-order valence-electron chi connectivity index (χ3n) is 3.25. The van der Waals surface area contributed by atoms with Crippen LogP contribution in [-0.4, -0.2) is 7.05 Å². The van der Waals surface area contributed by atoms with E-state index >= 15 is 0 Å². The minimum Gasteiger partial charge on any atom is -0.467 e. The summed E-state index contributed by atoms with van der Waals surface area (Å²) in [4.78, 5) is 0. The average molecular weight is 229 g/mol. The van der Waals surface area contributed by atoms with Crippen molar-refractivity contribution in [1.82, 2.24) is 5.32 Å². The van der Waals surface area contributed by atoms with Gasteiger partial charge in [0.2, 0.25) is 0 Å². The van der Waals surface area contributed by atoms with Crippen LogP contribution in [0, 0.1) is 13.8 Å². The zero-order chi connectivity index (χ0) is 12.3. The third kappa shape index (κ3) is 2.59. The summed E-state index contributed by atoms with van der Waals surface area (Å²) in [5.41, 5.74) is 3.90. The lowest BCUT2D eigenvalue weighted by Gasteiger charge is -2.16. The van der Waals surface area contributed by atoms with Gasteiger partial charge >= 0.3 is 0 Å². The summed E-state index contributed by atoms with van der Waals surface area (Å²) in [6.07, 6.45) is 2.71. The molecule has 1 atom stereocenters. The summed E-state index contributed by atoms with van der Waals surface area (Å²) in [5.74, 6) is 1.04. The maximum atomic E-state index is 5.57. The van der Waals surface area contributed by atoms with Crippen molar-refractivity contribution in [2.45, 2.75) is 26.3 Å². The summed E-state index contributed by atoms with van der Waals surface area (Å²) in [7, 11) is 1.98. The summed E-state index contributed by atoms with van der Waals surface area (Å²) in [6, 6.07) is 10.7. The first kappa shape index (κ1) is 11.9. The van der Waals surface area contributed by atoms with Crippen LogP contribution in [0.5, 0.6) is 0 Å². The van der Waals surface area contributed by atoms with Crippen molar-refractivity contribution in [3.63, 3.8) is 0 Å². The van der Waals surface area contributed by atoms with Gasteiger partial charge in [0.15, 0.2) is 0 Å². The third-order valence-corrected chi connectivity index (χ3v) is 3.25. The van der Waals surface area contributed by atoms with Crippen LogP contribution >= 0.6 is 0 Å². The number of hydrogen-bond acceptors (Lipinski definition) is 2. The highest BCUT2D eigenvalue weighted by molar-refractivity contribution is 5.28. The maximum absolute atomic E-state index is 5.57. The van der Waals surface area contributed by atoms with Crippen LogP contribution < -0.4 is 5.32 Å². The zero-order valence-corrected chi connectivity index (χ0v) is 10.7. The lowest BCUT2D eigenvalue weighted by molar-refractivity contribution is 0.426. The standard InChI is InChI=1S/C15H19NO/c1-11-6-4-5-7-13(11)10-14(16-3)15-12(2)8-9-17-15/h4-9,14,16H,10H2,1-3H3. The van der Waals surface area contributed by atoms with Gasteiger partial charge in [-0.1, -0.05) is 24.3 Å². The molecule has 0 aliphatic rings. The van der Waals surface area contributed by atoms with Gasteiger partial charge in [0, 0.05) is 0 Å². The Morgan fingerprint density at radius 2 is 1.88 bits per heavy atom. The molecule has 1 heterocycles. The van der Waals surface area contributed by atoms with E-state index in [0.717, 1.165) is 12.2 Å². The molecule has 2 nitrogen and oxygen atoms in total. The molecule has 90 valence electrons. The molecule has 0 aliphatic carbocycles. The summed E-state index contributed by atoms with van der Waals surface area (Å²) >= 11 is 0. The molecule has 17 heavy (non-hydrogen) atoms. The zero-order valence-electron chi connectivity index (χ0n) is 10.7. The average Bonchev–Trinajstić information content (AvgIpc) is 2.75. The second-order valence-corrected chi connectivity index (χ2v) is 4.44. The first-order valence-electron chi connectivity index (χ1n) is 5.98. The Morgan fingerprint density at radius 1 is 1.12 bits per heavy atom. The van der Waals surface area contributed by atoms with Crippen molar-refractivity contribution in [2.75, 3.05) is 7.05 Å². The topological polar surface area (TPSA) is 25.2 Å². The number of benzene rings is 1. The Hall–Kier alpha value is -1.54. The normalized spacial score (nSPS) is 12.6. The Labute approximate surface area is 103 Å². The summed E-state index contributed by atoms with van der Waals surface area (Å²) in [5, 5.41) is 3.33. The molecule has 0 aliphatic heterocycles. The molecule has 0 spiro atoms. The highest BCUT2D eigenvalue weighted by Crippen LogP contribution is 2.23. The van der Waals surface area contributed by atoms with Gasteiger partial charge in [0.05, 0.1) is 12.3 Å². The minimum atomic E-state index is 0.242. The van der Waals surface area contributed by atoms with Gasteiger partial charge in [-0.3, -0.25) is 0 Å². The molecule has 0 fully saturated rings. The van der Waals surface area contributed by atoms with E-state index in [9.17, 15) is 0 Å². The smallest absolute Gasteiger partial charge is 0.123 e. The van der Waals surface area contributed by atoms with Crippen molar-refractivity contribution >= 4 is 0 Å². The molecular weight excluding hydrogens is 210 g/mol. The molecule has 1 aromatic carbocycles. The van der Waals surface area contributed by atoms with E-state index in [1.54, 1.807) is 6.26 Å². The van der Waals surface area contributed by atoms with Crippen LogP contribution in [0.15, 0.2) is 41.0 Å². The largest absolute Gasteiger partial charge is 0.467 e. The van der Waals surface area contributed by atoms with E-state index in [2.05, 4.69) is 43.4 Å². The Kier molecular flexibility index (Phi) is 3.64. The molecule has 0 amide bonds. The van der Waals surface area contributed by atoms with Gasteiger partial charge in [0.1, 0.15) is 5.76 Å². The lowest BCUT2D eigenvalue weighted by Crippen LogP contribution is -2.19. The van der Waals surface area contributed by atoms with Crippen molar-refractivity contribution < 1.29 is 4.42 Å². The number of likely N-dealkylation sites (N-methyl/N-ethyl adjacent to an activating group) is 1. The van der Waals surface area contributed by atoms with Crippen LogP contribution in [0.2, 0.25) is 0 Å². The van der Waals surface area contributed by atoms with E-state index in [0.29, 0.717) is 0 Å². The Morgan fingerprint density at radius 3 is 2.47 bits per heavy atom. The molecule has 0 saturated carbocycles. The van der Waals surface area contributed by atoms with Crippen molar-refractivity contribution in [3.8, 4) is 0 Å². The van der Waals surface area contributed by atoms with E-state index in [1.807, 2.05) is 13.1 Å². The first-order chi connectivity index (χ1) is 8.22. The second-order valence-electron chi connectivity index (χ2n) is 4.44. The molecular formula is C15H19NO. The van der Waals surface area contributed by atoms with Crippen molar-refractivity contribution in [3.05, 3.63) is 59.0 Å². The fraction of sp³-hybridized carbons (Fsp3) is 0.333. The molecule has 1 unspecified atom stereocenters.